The van der Waals surface area contributed by atoms with Crippen molar-refractivity contribution in [2.45, 2.75) is 32.7 Å². The Bertz CT molecular complexity index is 1120. The Kier molecular flexibility index (Phi) is 5.30. The molecule has 3 heteroatoms. The van der Waals surface area contributed by atoms with Gasteiger partial charge in [0.2, 0.25) is 0 Å². The molecule has 0 aliphatic heterocycles. The molecule has 1 aromatic heterocycles. The Labute approximate surface area is 173 Å². The summed E-state index contributed by atoms with van der Waals surface area (Å²) < 4.78 is 3.40. The first-order chi connectivity index (χ1) is 13.2. The van der Waals surface area contributed by atoms with Gasteiger partial charge in [-0.05, 0) is 58.0 Å². The Hall–Kier alpha value is -2.14. The van der Waals surface area contributed by atoms with Gasteiger partial charge in [-0.15, -0.1) is 0 Å². The van der Waals surface area contributed by atoms with Gasteiger partial charge in [0.1, 0.15) is 0 Å². The molecule has 0 saturated heterocycles. The van der Waals surface area contributed by atoms with E-state index >= 15 is 0 Å². The SMILES string of the molecule is CCCCCn1cc(C(=O)c2cccc3ccccc23)c2cc(I)ccc21. The number of aromatic nitrogens is 1. The average Bonchev–Trinajstić information content (AvgIpc) is 3.05. The lowest BCUT2D eigenvalue weighted by molar-refractivity contribution is 0.104. The van der Waals surface area contributed by atoms with E-state index in [9.17, 15) is 4.79 Å². The summed E-state index contributed by atoms with van der Waals surface area (Å²) in [5.41, 5.74) is 2.73. The normalized spacial score (nSPS) is 11.3. The van der Waals surface area contributed by atoms with Gasteiger partial charge in [-0.3, -0.25) is 4.79 Å². The van der Waals surface area contributed by atoms with Gasteiger partial charge in [0.25, 0.3) is 0 Å². The molecule has 0 aliphatic rings. The third-order valence-electron chi connectivity index (χ3n) is 5.12. The molecule has 1 heterocycles. The average molecular weight is 467 g/mol. The fourth-order valence-electron chi connectivity index (χ4n) is 3.74. The molecule has 4 rings (SSSR count). The number of halogens is 1. The molecule has 0 bridgehead atoms. The summed E-state index contributed by atoms with van der Waals surface area (Å²) in [4.78, 5) is 13.5. The van der Waals surface area contributed by atoms with Crippen LogP contribution in [0.3, 0.4) is 0 Å². The highest BCUT2D eigenvalue weighted by atomic mass is 127. The van der Waals surface area contributed by atoms with Crippen molar-refractivity contribution in [3.05, 3.63) is 81.6 Å². The number of hydrogen-bond donors (Lipinski definition) is 0. The number of unbranched alkanes of at least 4 members (excludes halogenated alkanes) is 2. The summed E-state index contributed by atoms with van der Waals surface area (Å²) in [6.07, 6.45) is 5.59. The van der Waals surface area contributed by atoms with Gasteiger partial charge in [0.05, 0.1) is 0 Å². The molecule has 0 radical (unpaired) electrons. The molecule has 0 aliphatic carbocycles. The fraction of sp³-hybridized carbons (Fsp3) is 0.208. The molecule has 0 spiro atoms. The molecule has 0 amide bonds. The van der Waals surface area contributed by atoms with E-state index < -0.39 is 0 Å². The molecular weight excluding hydrogens is 445 g/mol. The first-order valence-electron chi connectivity index (χ1n) is 9.50. The number of carbonyl (C=O) groups is 1. The van der Waals surface area contributed by atoms with Crippen molar-refractivity contribution in [2.24, 2.45) is 0 Å². The van der Waals surface area contributed by atoms with E-state index in [1.165, 1.54) is 12.8 Å². The maximum Gasteiger partial charge on any atom is 0.195 e. The second-order valence-electron chi connectivity index (χ2n) is 6.96. The van der Waals surface area contributed by atoms with E-state index in [-0.39, 0.29) is 5.78 Å². The summed E-state index contributed by atoms with van der Waals surface area (Å²) >= 11 is 2.32. The van der Waals surface area contributed by atoms with Gasteiger partial charge in [0, 0.05) is 38.3 Å². The van der Waals surface area contributed by atoms with Crippen LogP contribution in [-0.4, -0.2) is 10.4 Å². The Balaban J connectivity index is 1.84. The van der Waals surface area contributed by atoms with Gasteiger partial charge in [-0.25, -0.2) is 0 Å². The van der Waals surface area contributed by atoms with Crippen molar-refractivity contribution >= 4 is 50.0 Å². The van der Waals surface area contributed by atoms with Gasteiger partial charge in [0.15, 0.2) is 5.78 Å². The summed E-state index contributed by atoms with van der Waals surface area (Å²) in [6, 6.07) is 20.5. The van der Waals surface area contributed by atoms with Crippen molar-refractivity contribution in [3.8, 4) is 0 Å². The van der Waals surface area contributed by atoms with Crippen LogP contribution >= 0.6 is 22.6 Å². The number of carbonyl (C=O) groups excluding carboxylic acids is 1. The quantitative estimate of drug-likeness (QED) is 0.173. The highest BCUT2D eigenvalue weighted by Crippen LogP contribution is 2.28. The number of ketones is 1. The molecule has 27 heavy (non-hydrogen) atoms. The molecule has 2 nitrogen and oxygen atoms in total. The second-order valence-corrected chi connectivity index (χ2v) is 8.21. The zero-order chi connectivity index (χ0) is 18.8. The van der Waals surface area contributed by atoms with Crippen LogP contribution in [0.4, 0.5) is 0 Å². The van der Waals surface area contributed by atoms with E-state index in [0.717, 1.165) is 49.3 Å². The van der Waals surface area contributed by atoms with Crippen LogP contribution in [0.2, 0.25) is 0 Å². The molecule has 0 unspecified atom stereocenters. The van der Waals surface area contributed by atoms with Crippen molar-refractivity contribution < 1.29 is 4.79 Å². The summed E-state index contributed by atoms with van der Waals surface area (Å²) in [5.74, 6) is 0.105. The maximum atomic E-state index is 13.5. The number of hydrogen-bond acceptors (Lipinski definition) is 1. The van der Waals surface area contributed by atoms with Crippen LogP contribution in [0.1, 0.15) is 42.1 Å². The van der Waals surface area contributed by atoms with Crippen molar-refractivity contribution in [1.29, 1.82) is 0 Å². The molecule has 0 atom stereocenters. The lowest BCUT2D eigenvalue weighted by atomic mass is 9.97. The highest BCUT2D eigenvalue weighted by molar-refractivity contribution is 14.1. The van der Waals surface area contributed by atoms with E-state index in [4.69, 9.17) is 0 Å². The standard InChI is InChI=1S/C24H22INO/c1-2-3-6-14-26-16-22(21-15-18(25)12-13-23(21)26)24(27)20-11-7-9-17-8-4-5-10-19(17)20/h4-5,7-13,15-16H,2-3,6,14H2,1H3. The number of benzene rings is 3. The molecular formula is C24H22INO. The number of aryl methyl sites for hydroxylation is 1. The van der Waals surface area contributed by atoms with Crippen LogP contribution in [0.5, 0.6) is 0 Å². The van der Waals surface area contributed by atoms with Crippen LogP contribution in [0.15, 0.2) is 66.9 Å². The first kappa shape index (κ1) is 18.2. The largest absolute Gasteiger partial charge is 0.347 e. The van der Waals surface area contributed by atoms with Crippen LogP contribution in [0, 0.1) is 3.57 Å². The lowest BCUT2D eigenvalue weighted by Gasteiger charge is -2.05. The zero-order valence-corrected chi connectivity index (χ0v) is 17.6. The Morgan fingerprint density at radius 2 is 1.74 bits per heavy atom. The maximum absolute atomic E-state index is 13.5. The van der Waals surface area contributed by atoms with Crippen molar-refractivity contribution in [3.63, 3.8) is 0 Å². The smallest absolute Gasteiger partial charge is 0.195 e. The molecule has 0 N–H and O–H groups in total. The second kappa shape index (κ2) is 7.85. The predicted molar refractivity (Wildman–Crippen MR) is 122 cm³/mol. The molecule has 4 aromatic rings. The number of rotatable bonds is 6. The zero-order valence-electron chi connectivity index (χ0n) is 15.4. The molecule has 3 aromatic carbocycles. The number of fused-ring (bicyclic) bond motifs is 2. The first-order valence-corrected chi connectivity index (χ1v) is 10.6. The summed E-state index contributed by atoms with van der Waals surface area (Å²) in [5, 5.41) is 3.17. The van der Waals surface area contributed by atoms with Crippen molar-refractivity contribution in [2.75, 3.05) is 0 Å². The molecule has 0 saturated carbocycles. The molecule has 136 valence electrons. The van der Waals surface area contributed by atoms with E-state index in [0.29, 0.717) is 0 Å². The summed E-state index contributed by atoms with van der Waals surface area (Å²) in [6.45, 7) is 3.17. The van der Waals surface area contributed by atoms with Gasteiger partial charge in [-0.2, -0.15) is 0 Å². The van der Waals surface area contributed by atoms with E-state index in [2.05, 4.69) is 70.6 Å². The third-order valence-corrected chi connectivity index (χ3v) is 5.80. The third kappa shape index (κ3) is 3.53. The van der Waals surface area contributed by atoms with Gasteiger partial charge < -0.3 is 4.57 Å². The van der Waals surface area contributed by atoms with Crippen LogP contribution in [-0.2, 0) is 6.54 Å². The van der Waals surface area contributed by atoms with E-state index in [1.807, 2.05) is 30.3 Å². The minimum absolute atomic E-state index is 0.105. The fourth-order valence-corrected chi connectivity index (χ4v) is 4.23. The Morgan fingerprint density at radius 3 is 2.59 bits per heavy atom. The number of nitrogens with zero attached hydrogens (tertiary/aromatic N) is 1. The monoisotopic (exact) mass is 467 g/mol. The summed E-state index contributed by atoms with van der Waals surface area (Å²) in [7, 11) is 0. The highest BCUT2D eigenvalue weighted by Gasteiger charge is 2.18. The minimum Gasteiger partial charge on any atom is -0.347 e. The van der Waals surface area contributed by atoms with Gasteiger partial charge in [-0.1, -0.05) is 62.2 Å². The topological polar surface area (TPSA) is 22.0 Å². The van der Waals surface area contributed by atoms with Crippen LogP contribution < -0.4 is 0 Å². The van der Waals surface area contributed by atoms with E-state index in [1.54, 1.807) is 0 Å². The van der Waals surface area contributed by atoms with Crippen molar-refractivity contribution in [1.82, 2.24) is 4.57 Å². The lowest BCUT2D eigenvalue weighted by Crippen LogP contribution is -2.02. The van der Waals surface area contributed by atoms with Crippen LogP contribution in [0.25, 0.3) is 21.7 Å². The Morgan fingerprint density at radius 1 is 0.926 bits per heavy atom. The minimum atomic E-state index is 0.105. The van der Waals surface area contributed by atoms with Gasteiger partial charge >= 0.3 is 0 Å². The molecule has 0 fully saturated rings. The predicted octanol–water partition coefficient (Wildman–Crippen LogP) is 6.82.